The summed E-state index contributed by atoms with van der Waals surface area (Å²) in [6.45, 7) is 26.4. The van der Waals surface area contributed by atoms with Gasteiger partial charge in [-0.3, -0.25) is 19.0 Å². The number of sulfonamides is 3. The Morgan fingerprint density at radius 3 is 1.11 bits per heavy atom. The van der Waals surface area contributed by atoms with Gasteiger partial charge in [-0.15, -0.1) is 0 Å². The molecule has 5 aromatic heterocycles. The van der Waals surface area contributed by atoms with Crippen molar-refractivity contribution < 1.29 is 66.8 Å². The van der Waals surface area contributed by atoms with E-state index in [-0.39, 0.29) is 66.5 Å². The number of H-pyrrole nitrogens is 1. The molecule has 0 spiro atoms. The first kappa shape index (κ1) is 79.9. The Labute approximate surface area is 625 Å². The summed E-state index contributed by atoms with van der Waals surface area (Å²) < 4.78 is 129. The maximum atomic E-state index is 13.0. The Balaban J connectivity index is 0.000000173. The Kier molecular flexibility index (Phi) is 22.1. The second kappa shape index (κ2) is 29.8. The molecule has 1 aliphatic rings. The summed E-state index contributed by atoms with van der Waals surface area (Å²) in [6.07, 6.45) is 9.20. The number of benzene rings is 6. The molecule has 0 unspecified atom stereocenters. The minimum atomic E-state index is -3.51. The second-order valence-electron chi connectivity index (χ2n) is 30.1. The van der Waals surface area contributed by atoms with Gasteiger partial charge in [0.05, 0.1) is 91.3 Å². The van der Waals surface area contributed by atoms with Crippen molar-refractivity contribution in [1.82, 2.24) is 19.9 Å². The fourth-order valence-corrected chi connectivity index (χ4v) is 13.9. The fraction of sp³-hybridized carbons (Fsp3) is 0.321. The minimum Gasteiger partial charge on any atom is -0.496 e. The summed E-state index contributed by atoms with van der Waals surface area (Å²) in [5, 5.41) is 2.46. The molecule has 108 heavy (non-hydrogen) atoms. The topological polar surface area (TPSA) is 356 Å². The van der Waals surface area contributed by atoms with Crippen molar-refractivity contribution in [3.05, 3.63) is 192 Å². The maximum Gasteiger partial charge on any atom is 0.494 e. The van der Waals surface area contributed by atoms with Gasteiger partial charge in [0.1, 0.15) is 45.9 Å². The highest BCUT2D eigenvalue weighted by molar-refractivity contribution is 7.92. The third-order valence-electron chi connectivity index (χ3n) is 18.0. The average molecular weight is 1530 g/mol. The van der Waals surface area contributed by atoms with Gasteiger partial charge in [0.15, 0.2) is 0 Å². The summed E-state index contributed by atoms with van der Waals surface area (Å²) in [5.74, 6) is 2.87. The molecule has 0 radical (unpaired) electrons. The van der Waals surface area contributed by atoms with Crippen LogP contribution < -0.4 is 61.0 Å². The van der Waals surface area contributed by atoms with Gasteiger partial charge in [-0.05, 0) is 156 Å². The fourth-order valence-electron chi connectivity index (χ4n) is 12.2. The van der Waals surface area contributed by atoms with Crippen molar-refractivity contribution in [2.75, 3.05) is 61.4 Å². The van der Waals surface area contributed by atoms with E-state index in [4.69, 9.17) is 41.5 Å². The van der Waals surface area contributed by atoms with Crippen molar-refractivity contribution in [3.8, 4) is 79.6 Å². The number of nitrogens with zero attached hydrogens (tertiary/aromatic N) is 3. The lowest BCUT2D eigenvalue weighted by Gasteiger charge is -2.32. The highest BCUT2D eigenvalue weighted by Gasteiger charge is 2.52. The van der Waals surface area contributed by atoms with Crippen molar-refractivity contribution in [2.45, 2.75) is 117 Å². The lowest BCUT2D eigenvalue weighted by molar-refractivity contribution is 0.00578. The number of aromatic amines is 1. The van der Waals surface area contributed by atoms with Gasteiger partial charge in [-0.1, -0.05) is 86.6 Å². The molecule has 0 saturated carbocycles. The number of nitrogens with one attached hydrogen (secondary N) is 4. The van der Waals surface area contributed by atoms with Crippen LogP contribution in [-0.2, 0) is 55.6 Å². The molecule has 1 fully saturated rings. The lowest BCUT2D eigenvalue weighted by atomic mass is 9.73. The van der Waals surface area contributed by atoms with Crippen molar-refractivity contribution in [2.24, 2.45) is 0 Å². The average Bonchev–Trinajstić information content (AvgIpc) is 1.31. The molecule has 4 N–H and O–H groups in total. The van der Waals surface area contributed by atoms with E-state index < -0.39 is 65.3 Å². The smallest absolute Gasteiger partial charge is 0.494 e. The zero-order valence-electron chi connectivity index (χ0n) is 63.6. The first-order chi connectivity index (χ1) is 50.2. The van der Waals surface area contributed by atoms with Crippen LogP contribution in [0.4, 0.5) is 17.1 Å². The standard InChI is InChI=1S/C27H34BNO7S.C26H27N3O6S.C25H25N3O6S/c1-25(2,3)21-14-17(28-35-26(4,5)27(6,7)36-28)13-20(23(21)33-8)22-12-16-10-11-18(29-37(9,31)32)15-19(16)24(30)34-22;1-26(2,3)20-12-16(22-24(34-5)28-10-9-27-22)11-19(23(20)33-4)21-13-15-7-8-17(29-36(6,31)32)14-18(15)25(30)35-21;1-25(2,3)19-11-15(21-23(29)27-9-8-26-21)10-18(22(19)33-4)20-12-14-6-7-16(28-35(5,31)32)13-17(14)24(30)34-20/h10-15,29H,1-9H3;7-14,29H,1-6H3;6-13,28H,1-5H3,(H,27,29). The van der Waals surface area contributed by atoms with Gasteiger partial charge >= 0.3 is 24.0 Å². The zero-order valence-corrected chi connectivity index (χ0v) is 66.1. The van der Waals surface area contributed by atoms with E-state index in [0.717, 1.165) is 46.5 Å². The van der Waals surface area contributed by atoms with E-state index in [1.54, 1.807) is 87.3 Å². The number of ether oxygens (including phenoxy) is 4. The zero-order chi connectivity index (χ0) is 79.3. The summed E-state index contributed by atoms with van der Waals surface area (Å²) in [7, 11) is -4.90. The number of fused-ring (bicyclic) bond motifs is 3. The summed E-state index contributed by atoms with van der Waals surface area (Å²) in [5.41, 5.74) is 3.60. The van der Waals surface area contributed by atoms with Crippen LogP contribution in [0, 0.1) is 0 Å². The van der Waals surface area contributed by atoms with E-state index in [1.165, 1.54) is 44.8 Å². The van der Waals surface area contributed by atoms with Crippen LogP contribution in [0.2, 0.25) is 0 Å². The van der Waals surface area contributed by atoms with E-state index in [2.05, 4.69) is 75.6 Å². The predicted octanol–water partition coefficient (Wildman–Crippen LogP) is 12.9. The molecule has 30 heteroatoms. The predicted molar refractivity (Wildman–Crippen MR) is 422 cm³/mol. The number of aromatic nitrogens is 4. The largest absolute Gasteiger partial charge is 0.496 e. The van der Waals surface area contributed by atoms with Crippen molar-refractivity contribution >= 4 is 92.0 Å². The minimum absolute atomic E-state index is 0.217. The molecule has 11 aromatic rings. The molecule has 0 bridgehead atoms. The number of methoxy groups -OCH3 is 4. The van der Waals surface area contributed by atoms with E-state index in [1.807, 2.05) is 78.8 Å². The highest BCUT2D eigenvalue weighted by Crippen LogP contribution is 2.47. The Hall–Kier alpha value is -10.7. The normalized spacial score (nSPS) is 13.8. The van der Waals surface area contributed by atoms with Gasteiger partial charge in [0.2, 0.25) is 35.9 Å². The number of hydrogen-bond donors (Lipinski definition) is 4. The monoisotopic (exact) mass is 1530 g/mol. The van der Waals surface area contributed by atoms with Crippen molar-refractivity contribution in [3.63, 3.8) is 0 Å². The van der Waals surface area contributed by atoms with Crippen molar-refractivity contribution in [1.29, 1.82) is 0 Å². The van der Waals surface area contributed by atoms with Crippen LogP contribution in [0.1, 0.15) is 107 Å². The lowest BCUT2D eigenvalue weighted by Crippen LogP contribution is -2.41. The third kappa shape index (κ3) is 17.8. The molecule has 1 saturated heterocycles. The van der Waals surface area contributed by atoms with Gasteiger partial charge in [0.25, 0.3) is 5.56 Å². The van der Waals surface area contributed by atoms with Gasteiger partial charge in [0, 0.05) is 64.1 Å². The van der Waals surface area contributed by atoms with Crippen LogP contribution >= 0.6 is 0 Å². The molecule has 0 aliphatic carbocycles. The second-order valence-corrected chi connectivity index (χ2v) is 35.3. The van der Waals surface area contributed by atoms with Crippen LogP contribution in [-0.4, -0.2) is 111 Å². The molecular formula is C78H86BN7O19S3. The van der Waals surface area contributed by atoms with Gasteiger partial charge < -0.3 is 46.5 Å². The van der Waals surface area contributed by atoms with Crippen LogP contribution in [0.5, 0.6) is 23.1 Å². The molecular weight excluding hydrogens is 1450 g/mol. The number of anilines is 3. The molecule has 6 aromatic carbocycles. The highest BCUT2D eigenvalue weighted by atomic mass is 32.2. The molecule has 568 valence electrons. The molecule has 12 rings (SSSR count). The van der Waals surface area contributed by atoms with Gasteiger partial charge in [-0.25, -0.2) is 54.6 Å². The summed E-state index contributed by atoms with van der Waals surface area (Å²) in [4.78, 5) is 67.0. The van der Waals surface area contributed by atoms with E-state index in [9.17, 15) is 44.4 Å². The Bertz CT molecular complexity index is 5960. The molecule has 26 nitrogen and oxygen atoms in total. The molecule has 0 atom stereocenters. The summed E-state index contributed by atoms with van der Waals surface area (Å²) in [6, 6.07) is 30.5. The molecule has 6 heterocycles. The van der Waals surface area contributed by atoms with Crippen LogP contribution in [0.25, 0.3) is 88.8 Å². The summed E-state index contributed by atoms with van der Waals surface area (Å²) >= 11 is 0. The molecule has 0 amide bonds. The third-order valence-corrected chi connectivity index (χ3v) is 19.8. The maximum absolute atomic E-state index is 13.0. The van der Waals surface area contributed by atoms with Gasteiger partial charge in [-0.2, -0.15) is 0 Å². The van der Waals surface area contributed by atoms with Crippen LogP contribution in [0.3, 0.4) is 0 Å². The van der Waals surface area contributed by atoms with E-state index >= 15 is 0 Å². The Morgan fingerprint density at radius 2 is 0.769 bits per heavy atom. The number of hydrogen-bond acceptors (Lipinski definition) is 22. The Morgan fingerprint density at radius 1 is 0.426 bits per heavy atom. The number of rotatable bonds is 16. The first-order valence-electron chi connectivity index (χ1n) is 33.8. The quantitative estimate of drug-likeness (QED) is 0.0653. The molecule has 1 aliphatic heterocycles. The van der Waals surface area contributed by atoms with E-state index in [0.29, 0.717) is 78.8 Å². The first-order valence-corrected chi connectivity index (χ1v) is 39.5. The van der Waals surface area contributed by atoms with Crippen LogP contribution in [0.15, 0.2) is 166 Å². The SMILES string of the molecule is COc1c(-c2cc3ccc(NS(C)(=O)=O)cc3c(=O)o2)cc(-c2ncc[nH]c2=O)cc1C(C)(C)C.COc1c(-c2cc3ccc(NS(C)(=O)=O)cc3c(=O)o2)cc(B2OC(C)(C)C(C)(C)O2)cc1C(C)(C)C.COc1nccnc1-c1cc(-c2cc3ccc(NS(C)(=O)=O)cc3c(=O)o2)c(OC)c(C(C)(C)C)c1.